The third-order valence-electron chi connectivity index (χ3n) is 6.93. The Morgan fingerprint density at radius 1 is 0.758 bits per heavy atom. The minimum atomic E-state index is 0.0703. The highest BCUT2D eigenvalue weighted by atomic mass is 16.3. The summed E-state index contributed by atoms with van der Waals surface area (Å²) in [4.78, 5) is 11.5. The van der Waals surface area contributed by atoms with Crippen LogP contribution in [0.5, 0.6) is 5.88 Å². The minimum Gasteiger partial charge on any atom is -0.492 e. The van der Waals surface area contributed by atoms with Crippen LogP contribution in [0.3, 0.4) is 0 Å². The van der Waals surface area contributed by atoms with Gasteiger partial charge in [-0.25, -0.2) is 9.97 Å². The van der Waals surface area contributed by atoms with Crippen molar-refractivity contribution in [2.24, 2.45) is 5.92 Å². The van der Waals surface area contributed by atoms with Gasteiger partial charge >= 0.3 is 0 Å². The third-order valence-corrected chi connectivity index (χ3v) is 6.93. The summed E-state index contributed by atoms with van der Waals surface area (Å²) >= 11 is 0. The lowest BCUT2D eigenvalue weighted by Crippen LogP contribution is -2.36. The number of aromatic nitrogens is 2. The van der Waals surface area contributed by atoms with Crippen LogP contribution in [0.4, 0.5) is 0 Å². The fourth-order valence-electron chi connectivity index (χ4n) is 5.23. The van der Waals surface area contributed by atoms with Gasteiger partial charge in [0.05, 0.1) is 11.0 Å². The number of aromatic hydroxyl groups is 1. The molecule has 0 atom stereocenters. The maximum Gasteiger partial charge on any atom is 0.233 e. The molecule has 4 nitrogen and oxygen atoms in total. The Labute approximate surface area is 195 Å². The average Bonchev–Trinajstić information content (AvgIpc) is 2.87. The van der Waals surface area contributed by atoms with Crippen LogP contribution in [0.2, 0.25) is 0 Å². The van der Waals surface area contributed by atoms with E-state index >= 15 is 0 Å². The number of nitrogens with zero attached hydrogens (tertiary/aromatic N) is 3. The molecule has 0 bridgehead atoms. The number of para-hydroxylation sites is 2. The predicted octanol–water partition coefficient (Wildman–Crippen LogP) is 5.81. The summed E-state index contributed by atoms with van der Waals surface area (Å²) in [5.74, 6) is 1.18. The van der Waals surface area contributed by atoms with Crippen LogP contribution in [-0.2, 0) is 6.42 Å². The molecule has 1 saturated heterocycles. The first kappa shape index (κ1) is 21.6. The van der Waals surface area contributed by atoms with Crippen molar-refractivity contribution in [1.29, 1.82) is 0 Å². The molecule has 0 spiro atoms. The van der Waals surface area contributed by atoms with Crippen molar-refractivity contribution in [3.63, 3.8) is 0 Å². The van der Waals surface area contributed by atoms with E-state index in [9.17, 15) is 5.11 Å². The Hall–Kier alpha value is -3.24. The first-order chi connectivity index (χ1) is 16.3. The van der Waals surface area contributed by atoms with Gasteiger partial charge in [-0.15, -0.1) is 0 Å². The number of likely N-dealkylation sites (tertiary alicyclic amines) is 1. The Morgan fingerprint density at radius 3 is 1.91 bits per heavy atom. The van der Waals surface area contributed by atoms with Crippen molar-refractivity contribution in [1.82, 2.24) is 14.9 Å². The molecule has 0 amide bonds. The van der Waals surface area contributed by atoms with Gasteiger partial charge in [-0.1, -0.05) is 72.8 Å². The Morgan fingerprint density at radius 2 is 1.30 bits per heavy atom. The molecule has 4 aromatic rings. The number of hydrogen-bond donors (Lipinski definition) is 1. The molecule has 33 heavy (non-hydrogen) atoms. The summed E-state index contributed by atoms with van der Waals surface area (Å²) in [7, 11) is 0. The van der Waals surface area contributed by atoms with Gasteiger partial charge in [0, 0.05) is 5.92 Å². The number of rotatable bonds is 7. The number of benzene rings is 3. The quantitative estimate of drug-likeness (QED) is 0.396. The van der Waals surface area contributed by atoms with E-state index in [-0.39, 0.29) is 5.88 Å². The molecule has 1 N–H and O–H groups in total. The van der Waals surface area contributed by atoms with Crippen LogP contribution in [-0.4, -0.2) is 39.6 Å². The molecule has 1 aliphatic heterocycles. The maximum atomic E-state index is 10.3. The zero-order chi connectivity index (χ0) is 22.5. The fraction of sp³-hybridized carbons (Fsp3) is 0.310. The van der Waals surface area contributed by atoms with Crippen LogP contribution in [0, 0.1) is 5.92 Å². The molecule has 1 aromatic heterocycles. The molecule has 168 valence electrons. The summed E-state index contributed by atoms with van der Waals surface area (Å²) < 4.78 is 0. The van der Waals surface area contributed by atoms with Gasteiger partial charge < -0.3 is 10.0 Å². The molecule has 2 heterocycles. The normalized spacial score (nSPS) is 15.3. The van der Waals surface area contributed by atoms with E-state index in [2.05, 4.69) is 75.5 Å². The topological polar surface area (TPSA) is 49.3 Å². The first-order valence-electron chi connectivity index (χ1n) is 12.0. The van der Waals surface area contributed by atoms with E-state index in [0.29, 0.717) is 17.5 Å². The molecular formula is C29H31N3O. The van der Waals surface area contributed by atoms with E-state index in [1.807, 2.05) is 24.3 Å². The van der Waals surface area contributed by atoms with Gasteiger partial charge in [0.25, 0.3) is 0 Å². The van der Waals surface area contributed by atoms with Gasteiger partial charge in [0.1, 0.15) is 5.69 Å². The predicted molar refractivity (Wildman–Crippen MR) is 133 cm³/mol. The van der Waals surface area contributed by atoms with Gasteiger partial charge in [0.15, 0.2) is 0 Å². The van der Waals surface area contributed by atoms with E-state index in [0.717, 1.165) is 43.5 Å². The summed E-state index contributed by atoms with van der Waals surface area (Å²) in [5, 5.41) is 10.3. The second kappa shape index (κ2) is 10.1. The van der Waals surface area contributed by atoms with Gasteiger partial charge in [-0.3, -0.25) is 0 Å². The molecule has 1 aliphatic rings. The molecule has 0 radical (unpaired) electrons. The Kier molecular flexibility index (Phi) is 6.63. The van der Waals surface area contributed by atoms with Crippen LogP contribution in [0.15, 0.2) is 84.9 Å². The van der Waals surface area contributed by atoms with Crippen molar-refractivity contribution < 1.29 is 5.11 Å². The van der Waals surface area contributed by atoms with Crippen LogP contribution in [0.1, 0.15) is 42.0 Å². The Balaban J connectivity index is 1.19. The zero-order valence-corrected chi connectivity index (χ0v) is 19.0. The van der Waals surface area contributed by atoms with Crippen molar-refractivity contribution in [2.45, 2.75) is 31.6 Å². The smallest absolute Gasteiger partial charge is 0.233 e. The van der Waals surface area contributed by atoms with Gasteiger partial charge in [-0.2, -0.15) is 0 Å². The standard InChI is InChI=1S/C29H31N3O/c33-29-27(30-25-14-7-8-15-26(25)31-29)16-9-19-32-20-17-24(18-21-32)28(22-10-3-1-4-11-22)23-12-5-2-6-13-23/h1-8,10-15,24,28H,9,16-21H2,(H,31,33). The number of hydrogen-bond acceptors (Lipinski definition) is 4. The molecule has 1 fully saturated rings. The van der Waals surface area contributed by atoms with E-state index in [1.54, 1.807) is 0 Å². The van der Waals surface area contributed by atoms with E-state index in [1.165, 1.54) is 24.0 Å². The molecule has 3 aromatic carbocycles. The van der Waals surface area contributed by atoms with E-state index in [4.69, 9.17) is 0 Å². The molecular weight excluding hydrogens is 406 g/mol. The second-order valence-electron chi connectivity index (χ2n) is 9.06. The lowest BCUT2D eigenvalue weighted by atomic mass is 9.76. The van der Waals surface area contributed by atoms with Crippen LogP contribution >= 0.6 is 0 Å². The minimum absolute atomic E-state index is 0.0703. The molecule has 0 aliphatic carbocycles. The Bertz CT molecular complexity index is 1130. The summed E-state index contributed by atoms with van der Waals surface area (Å²) in [6.07, 6.45) is 4.14. The van der Waals surface area contributed by atoms with Crippen LogP contribution < -0.4 is 0 Å². The lowest BCUT2D eigenvalue weighted by Gasteiger charge is -2.36. The average molecular weight is 438 g/mol. The summed E-state index contributed by atoms with van der Waals surface area (Å²) in [6.45, 7) is 3.27. The fourth-order valence-corrected chi connectivity index (χ4v) is 5.23. The molecule has 4 heteroatoms. The summed E-state index contributed by atoms with van der Waals surface area (Å²) in [5.41, 5.74) is 5.14. The van der Waals surface area contributed by atoms with Gasteiger partial charge in [-0.05, 0) is 74.5 Å². The third kappa shape index (κ3) is 5.07. The first-order valence-corrected chi connectivity index (χ1v) is 12.0. The summed E-state index contributed by atoms with van der Waals surface area (Å²) in [6, 6.07) is 29.7. The SMILES string of the molecule is Oc1nc2ccccc2nc1CCCN1CCC(C(c2ccccc2)c2ccccc2)CC1. The number of piperidine rings is 1. The van der Waals surface area contributed by atoms with Crippen molar-refractivity contribution in [2.75, 3.05) is 19.6 Å². The molecule has 0 unspecified atom stereocenters. The zero-order valence-electron chi connectivity index (χ0n) is 19.0. The lowest BCUT2D eigenvalue weighted by molar-refractivity contribution is 0.173. The van der Waals surface area contributed by atoms with Crippen molar-refractivity contribution in [3.8, 4) is 5.88 Å². The van der Waals surface area contributed by atoms with E-state index < -0.39 is 0 Å². The van der Waals surface area contributed by atoms with Gasteiger partial charge in [0.2, 0.25) is 5.88 Å². The number of fused-ring (bicyclic) bond motifs is 1. The highest BCUT2D eigenvalue weighted by molar-refractivity contribution is 5.74. The van der Waals surface area contributed by atoms with Crippen molar-refractivity contribution in [3.05, 3.63) is 102 Å². The largest absolute Gasteiger partial charge is 0.492 e. The highest BCUT2D eigenvalue weighted by Gasteiger charge is 2.28. The van der Waals surface area contributed by atoms with Crippen LogP contribution in [0.25, 0.3) is 11.0 Å². The highest BCUT2D eigenvalue weighted by Crippen LogP contribution is 2.38. The van der Waals surface area contributed by atoms with Crippen molar-refractivity contribution >= 4 is 11.0 Å². The number of aryl methyl sites for hydroxylation is 1. The second-order valence-corrected chi connectivity index (χ2v) is 9.06. The maximum absolute atomic E-state index is 10.3. The molecule has 0 saturated carbocycles. The monoisotopic (exact) mass is 437 g/mol. The molecule has 5 rings (SSSR count).